The fourth-order valence-electron chi connectivity index (χ4n) is 5.73. The summed E-state index contributed by atoms with van der Waals surface area (Å²) in [6.45, 7) is 8.41. The Morgan fingerprint density at radius 2 is 1.47 bits per heavy atom. The third-order valence-electron chi connectivity index (χ3n) is 8.46. The fraction of sp³-hybridized carbons (Fsp3) is 0.579. The highest BCUT2D eigenvalue weighted by atomic mass is 19.4. The number of ketones is 2. The number of carbonyl (C=O) groups is 4. The maximum atomic E-state index is 13.7. The Hall–Kier alpha value is -3.49. The van der Waals surface area contributed by atoms with E-state index in [9.17, 15) is 32.3 Å². The number of aryl methyl sites for hydroxylation is 1. The number of rotatable bonds is 21. The van der Waals surface area contributed by atoms with Gasteiger partial charge in [-0.3, -0.25) is 14.4 Å². The van der Waals surface area contributed by atoms with Gasteiger partial charge < -0.3 is 10.1 Å². The van der Waals surface area contributed by atoms with Crippen molar-refractivity contribution in [2.45, 2.75) is 117 Å². The Kier molecular flexibility index (Phi) is 16.9. The first-order valence-electron chi connectivity index (χ1n) is 17.0. The van der Waals surface area contributed by atoms with Gasteiger partial charge in [-0.25, -0.2) is 4.79 Å². The van der Waals surface area contributed by atoms with E-state index < -0.39 is 47.6 Å². The topological polar surface area (TPSA) is 89.5 Å². The van der Waals surface area contributed by atoms with Crippen LogP contribution in [0.2, 0.25) is 0 Å². The van der Waals surface area contributed by atoms with Gasteiger partial charge in [0.05, 0.1) is 17.2 Å². The van der Waals surface area contributed by atoms with Crippen LogP contribution in [0.4, 0.5) is 13.2 Å². The Balaban J connectivity index is 2.12. The molecule has 1 N–H and O–H groups in total. The van der Waals surface area contributed by atoms with Crippen LogP contribution < -0.4 is 5.32 Å². The van der Waals surface area contributed by atoms with Gasteiger partial charge in [-0.1, -0.05) is 115 Å². The van der Waals surface area contributed by atoms with E-state index in [1.54, 1.807) is 0 Å². The number of carbonyl (C=O) groups excluding carboxylic acids is 4. The summed E-state index contributed by atoms with van der Waals surface area (Å²) >= 11 is 0. The van der Waals surface area contributed by atoms with E-state index in [1.165, 1.54) is 44.7 Å². The molecule has 6 nitrogen and oxygen atoms in total. The molecule has 0 heterocycles. The maximum absolute atomic E-state index is 13.7. The lowest BCUT2D eigenvalue weighted by molar-refractivity contribution is -0.138. The normalized spacial score (nSPS) is 13.6. The Bertz CT molecular complexity index is 1290. The first-order valence-corrected chi connectivity index (χ1v) is 17.0. The van der Waals surface area contributed by atoms with Crippen molar-refractivity contribution in [1.82, 2.24) is 5.32 Å². The second-order valence-corrected chi connectivity index (χ2v) is 13.1. The van der Waals surface area contributed by atoms with Gasteiger partial charge in [-0.05, 0) is 49.3 Å². The van der Waals surface area contributed by atoms with Gasteiger partial charge in [0.15, 0.2) is 18.2 Å². The summed E-state index contributed by atoms with van der Waals surface area (Å²) in [7, 11) is 0. The molecule has 2 rings (SSSR count). The molecule has 0 fully saturated rings. The second kappa shape index (κ2) is 20.0. The summed E-state index contributed by atoms with van der Waals surface area (Å²) in [5, 5.41) is 2.94. The predicted octanol–water partition coefficient (Wildman–Crippen LogP) is 8.87. The summed E-state index contributed by atoms with van der Waals surface area (Å²) in [6, 6.07) is 11.8. The zero-order chi connectivity index (χ0) is 35.0. The standard InChI is InChI=1S/C38H52F3NO5/c1-6-7-8-9-10-11-13-17-28(5)36(45)42-32(23-29-19-14-12-15-20-29)33(43)24-30(22-26(2)3)34(44)25-47-37(46)35-27(4)18-16-21-31(35)38(39,40)41/h12,14-16,18-21,26,28,30,32H,6-11,13,17,22-25H2,1-5H3,(H,42,45)/t28?,30-,32?/m1/s1. The maximum Gasteiger partial charge on any atom is 0.417 e. The van der Waals surface area contributed by atoms with Crippen molar-refractivity contribution in [3.05, 3.63) is 70.8 Å². The van der Waals surface area contributed by atoms with Crippen molar-refractivity contribution >= 4 is 23.4 Å². The highest BCUT2D eigenvalue weighted by Crippen LogP contribution is 2.33. The van der Waals surface area contributed by atoms with Gasteiger partial charge >= 0.3 is 12.1 Å². The number of amides is 1. The zero-order valence-electron chi connectivity index (χ0n) is 28.6. The van der Waals surface area contributed by atoms with Crippen LogP contribution in [0.15, 0.2) is 48.5 Å². The minimum absolute atomic E-state index is 0.00445. The number of ether oxygens (including phenoxy) is 1. The highest BCUT2D eigenvalue weighted by molar-refractivity contribution is 5.96. The summed E-state index contributed by atoms with van der Waals surface area (Å²) in [5.41, 5.74) is -0.845. The zero-order valence-corrected chi connectivity index (χ0v) is 28.6. The number of halogens is 3. The third kappa shape index (κ3) is 14.0. The Labute approximate surface area is 278 Å². The van der Waals surface area contributed by atoms with Gasteiger partial charge in [0.25, 0.3) is 0 Å². The van der Waals surface area contributed by atoms with Crippen LogP contribution in [0.5, 0.6) is 0 Å². The SMILES string of the molecule is CCCCCCCCCC(C)C(=O)NC(Cc1ccccc1)C(=O)C[C@@H](CC(C)C)C(=O)COC(=O)c1c(C)cccc1C(F)(F)F. The first kappa shape index (κ1) is 39.7. The Morgan fingerprint density at radius 1 is 0.830 bits per heavy atom. The average Bonchev–Trinajstić information content (AvgIpc) is 3.01. The molecule has 0 aromatic heterocycles. The molecule has 0 saturated heterocycles. The number of nitrogens with one attached hydrogen (secondary N) is 1. The van der Waals surface area contributed by atoms with E-state index in [4.69, 9.17) is 4.74 Å². The van der Waals surface area contributed by atoms with E-state index >= 15 is 0 Å². The largest absolute Gasteiger partial charge is 0.454 e. The molecule has 0 aliphatic carbocycles. The molecule has 1 amide bonds. The first-order chi connectivity index (χ1) is 22.2. The molecule has 2 aromatic rings. The number of unbranched alkanes of at least 4 members (excludes halogenated alkanes) is 6. The lowest BCUT2D eigenvalue weighted by atomic mass is 9.86. The number of hydrogen-bond donors (Lipinski definition) is 1. The number of Topliss-reactive ketones (excluding diaryl/α,β-unsaturated/α-hetero) is 2. The molecule has 9 heteroatoms. The molecule has 0 saturated carbocycles. The van der Waals surface area contributed by atoms with Gasteiger partial charge in [-0.15, -0.1) is 0 Å². The third-order valence-corrected chi connectivity index (χ3v) is 8.46. The van der Waals surface area contributed by atoms with Gasteiger partial charge in [-0.2, -0.15) is 13.2 Å². The lowest BCUT2D eigenvalue weighted by Gasteiger charge is -2.24. The van der Waals surface area contributed by atoms with Crippen molar-refractivity contribution < 1.29 is 37.1 Å². The molecule has 0 bridgehead atoms. The highest BCUT2D eigenvalue weighted by Gasteiger charge is 2.37. The minimum atomic E-state index is -4.78. The minimum Gasteiger partial charge on any atom is -0.454 e. The summed E-state index contributed by atoms with van der Waals surface area (Å²) < 4.78 is 45.8. The van der Waals surface area contributed by atoms with Crippen LogP contribution in [0.1, 0.15) is 119 Å². The van der Waals surface area contributed by atoms with Crippen LogP contribution in [0, 0.1) is 24.7 Å². The second-order valence-electron chi connectivity index (χ2n) is 13.1. The van der Waals surface area contributed by atoms with Crippen molar-refractivity contribution in [2.24, 2.45) is 17.8 Å². The molecule has 260 valence electrons. The summed E-state index contributed by atoms with van der Waals surface area (Å²) in [6.07, 6.45) is 4.26. The van der Waals surface area contributed by atoms with Crippen molar-refractivity contribution in [2.75, 3.05) is 6.61 Å². The molecule has 0 aliphatic heterocycles. The van der Waals surface area contributed by atoms with E-state index in [0.717, 1.165) is 30.9 Å². The van der Waals surface area contributed by atoms with Crippen molar-refractivity contribution in [1.29, 1.82) is 0 Å². The molecule has 0 radical (unpaired) electrons. The number of hydrogen-bond acceptors (Lipinski definition) is 5. The van der Waals surface area contributed by atoms with Crippen molar-refractivity contribution in [3.63, 3.8) is 0 Å². The van der Waals surface area contributed by atoms with Gasteiger partial charge in [0.1, 0.15) is 0 Å². The number of benzene rings is 2. The van der Waals surface area contributed by atoms with Crippen LogP contribution in [0.25, 0.3) is 0 Å². The number of esters is 1. The van der Waals surface area contributed by atoms with Crippen LogP contribution in [0.3, 0.4) is 0 Å². The molecule has 47 heavy (non-hydrogen) atoms. The van der Waals surface area contributed by atoms with Crippen LogP contribution in [-0.2, 0) is 31.7 Å². The molecule has 2 aromatic carbocycles. The molecule has 0 spiro atoms. The molecular formula is C38H52F3NO5. The predicted molar refractivity (Wildman–Crippen MR) is 178 cm³/mol. The van der Waals surface area contributed by atoms with E-state index in [0.29, 0.717) is 12.8 Å². The van der Waals surface area contributed by atoms with Gasteiger partial charge in [0.2, 0.25) is 5.91 Å². The lowest BCUT2D eigenvalue weighted by Crippen LogP contribution is -2.45. The molecular weight excluding hydrogens is 607 g/mol. The smallest absolute Gasteiger partial charge is 0.417 e. The van der Waals surface area contributed by atoms with Gasteiger partial charge in [0, 0.05) is 18.3 Å². The summed E-state index contributed by atoms with van der Waals surface area (Å²) in [4.78, 5) is 53.1. The summed E-state index contributed by atoms with van der Waals surface area (Å²) in [5.74, 6) is -3.47. The van der Waals surface area contributed by atoms with Crippen LogP contribution >= 0.6 is 0 Å². The average molecular weight is 660 g/mol. The molecule has 2 unspecified atom stereocenters. The van der Waals surface area contributed by atoms with E-state index in [-0.39, 0.29) is 41.9 Å². The Morgan fingerprint density at radius 3 is 2.09 bits per heavy atom. The van der Waals surface area contributed by atoms with Crippen molar-refractivity contribution in [3.8, 4) is 0 Å². The molecule has 0 aliphatic rings. The fourth-order valence-corrected chi connectivity index (χ4v) is 5.73. The monoisotopic (exact) mass is 659 g/mol. The van der Waals surface area contributed by atoms with E-state index in [2.05, 4.69) is 12.2 Å². The van der Waals surface area contributed by atoms with Crippen LogP contribution in [-0.4, -0.2) is 36.1 Å². The van der Waals surface area contributed by atoms with E-state index in [1.807, 2.05) is 51.1 Å². The molecule has 3 atom stereocenters. The number of alkyl halides is 3. The quantitative estimate of drug-likeness (QED) is 0.107.